The fourth-order valence-corrected chi connectivity index (χ4v) is 2.15. The molecule has 0 fully saturated rings. The van der Waals surface area contributed by atoms with Gasteiger partial charge in [-0.1, -0.05) is 23.8 Å². The number of rotatable bonds is 4. The van der Waals surface area contributed by atoms with E-state index in [2.05, 4.69) is 42.0 Å². The normalized spacial score (nSPS) is 10.1. The first-order chi connectivity index (χ1) is 9.60. The summed E-state index contributed by atoms with van der Waals surface area (Å²) in [6.07, 6.45) is 2.38. The molecule has 20 heavy (non-hydrogen) atoms. The molecule has 0 N–H and O–H groups in total. The number of hydrogen-bond donors (Lipinski definition) is 0. The van der Waals surface area contributed by atoms with Crippen molar-refractivity contribution in [2.45, 2.75) is 20.3 Å². The Hall–Kier alpha value is -2.41. The summed E-state index contributed by atoms with van der Waals surface area (Å²) >= 11 is 0. The zero-order valence-corrected chi connectivity index (χ0v) is 12.1. The number of benzene rings is 1. The highest BCUT2D eigenvalue weighted by Crippen LogP contribution is 2.14. The molecule has 0 radical (unpaired) electrons. The van der Waals surface area contributed by atoms with Crippen LogP contribution in [0.15, 0.2) is 30.6 Å². The second-order valence-corrected chi connectivity index (χ2v) is 4.97. The smallest absolute Gasteiger partial charge is 0.145 e. The Labute approximate surface area is 119 Å². The number of nitrogens with zero attached hydrogens (tertiary/aromatic N) is 4. The highest BCUT2D eigenvalue weighted by Gasteiger charge is 2.06. The zero-order valence-electron chi connectivity index (χ0n) is 12.1. The summed E-state index contributed by atoms with van der Waals surface area (Å²) in [5, 5.41) is 8.86. The molecule has 0 saturated heterocycles. The topological polar surface area (TPSA) is 52.8 Å². The zero-order chi connectivity index (χ0) is 14.5. The van der Waals surface area contributed by atoms with Crippen LogP contribution in [0.2, 0.25) is 0 Å². The van der Waals surface area contributed by atoms with Crippen LogP contribution in [-0.2, 0) is 6.42 Å². The van der Waals surface area contributed by atoms with Gasteiger partial charge in [-0.05, 0) is 31.4 Å². The summed E-state index contributed by atoms with van der Waals surface area (Å²) in [6.45, 7) is 5.10. The molecule has 0 unspecified atom stereocenters. The van der Waals surface area contributed by atoms with Crippen LogP contribution in [0, 0.1) is 25.2 Å². The molecule has 102 valence electrons. The Morgan fingerprint density at radius 2 is 2.00 bits per heavy atom. The van der Waals surface area contributed by atoms with E-state index in [0.29, 0.717) is 5.69 Å². The van der Waals surface area contributed by atoms with Crippen molar-refractivity contribution in [3.05, 3.63) is 53.0 Å². The quantitative estimate of drug-likeness (QED) is 0.853. The van der Waals surface area contributed by atoms with E-state index in [4.69, 9.17) is 5.26 Å². The Morgan fingerprint density at radius 1 is 1.20 bits per heavy atom. The van der Waals surface area contributed by atoms with E-state index in [1.807, 2.05) is 18.0 Å². The molecule has 1 aromatic carbocycles. The van der Waals surface area contributed by atoms with Gasteiger partial charge in [-0.25, -0.2) is 9.97 Å². The van der Waals surface area contributed by atoms with E-state index in [1.54, 1.807) is 6.07 Å². The second kappa shape index (κ2) is 6.16. The summed E-state index contributed by atoms with van der Waals surface area (Å²) in [4.78, 5) is 10.1. The van der Waals surface area contributed by atoms with Gasteiger partial charge in [0.2, 0.25) is 0 Å². The van der Waals surface area contributed by atoms with Crippen molar-refractivity contribution in [1.29, 1.82) is 5.26 Å². The number of hydrogen-bond acceptors (Lipinski definition) is 4. The van der Waals surface area contributed by atoms with Gasteiger partial charge >= 0.3 is 0 Å². The highest BCUT2D eigenvalue weighted by atomic mass is 15.2. The Kier molecular flexibility index (Phi) is 4.31. The Bertz CT molecular complexity index is 643. The van der Waals surface area contributed by atoms with Crippen LogP contribution in [0.4, 0.5) is 5.82 Å². The molecule has 1 heterocycles. The molecule has 0 atom stereocenters. The molecule has 2 rings (SSSR count). The molecule has 2 aromatic rings. The van der Waals surface area contributed by atoms with Gasteiger partial charge in [0.1, 0.15) is 23.9 Å². The molecule has 4 heteroatoms. The van der Waals surface area contributed by atoms with Crippen molar-refractivity contribution in [1.82, 2.24) is 9.97 Å². The van der Waals surface area contributed by atoms with Gasteiger partial charge in [0.15, 0.2) is 0 Å². The van der Waals surface area contributed by atoms with Gasteiger partial charge in [0.05, 0.1) is 0 Å². The van der Waals surface area contributed by atoms with E-state index in [-0.39, 0.29) is 0 Å². The van der Waals surface area contributed by atoms with Crippen molar-refractivity contribution in [2.24, 2.45) is 0 Å². The molecular weight excluding hydrogens is 248 g/mol. The predicted octanol–water partition coefficient (Wildman–Crippen LogP) is 2.64. The molecule has 0 aliphatic heterocycles. The SMILES string of the molecule is Cc1ccc(CCN(C)c2cc(C#N)ncn2)c(C)c1. The number of likely N-dealkylation sites (N-methyl/N-ethyl adjacent to an activating group) is 1. The van der Waals surface area contributed by atoms with Crippen LogP contribution in [0.25, 0.3) is 0 Å². The van der Waals surface area contributed by atoms with E-state index >= 15 is 0 Å². The first-order valence-corrected chi connectivity index (χ1v) is 6.59. The van der Waals surface area contributed by atoms with Crippen molar-refractivity contribution >= 4 is 5.82 Å². The van der Waals surface area contributed by atoms with Gasteiger partial charge in [0.25, 0.3) is 0 Å². The molecule has 0 aliphatic rings. The third-order valence-electron chi connectivity index (χ3n) is 3.37. The van der Waals surface area contributed by atoms with Crippen molar-refractivity contribution < 1.29 is 0 Å². The summed E-state index contributed by atoms with van der Waals surface area (Å²) in [6, 6.07) is 10.3. The van der Waals surface area contributed by atoms with Gasteiger partial charge in [-0.3, -0.25) is 0 Å². The van der Waals surface area contributed by atoms with Crippen LogP contribution >= 0.6 is 0 Å². The minimum atomic E-state index is 0.397. The summed E-state index contributed by atoms with van der Waals surface area (Å²) in [5.41, 5.74) is 4.35. The molecular formula is C16H18N4. The average molecular weight is 266 g/mol. The average Bonchev–Trinajstić information content (AvgIpc) is 2.46. The summed E-state index contributed by atoms with van der Waals surface area (Å²) in [5.74, 6) is 0.779. The standard InChI is InChI=1S/C16H18N4/c1-12-4-5-14(13(2)8-12)6-7-20(3)16-9-15(10-17)18-11-19-16/h4-5,8-9,11H,6-7H2,1-3H3. The fourth-order valence-electron chi connectivity index (χ4n) is 2.15. The highest BCUT2D eigenvalue weighted by molar-refractivity contribution is 5.41. The van der Waals surface area contributed by atoms with Gasteiger partial charge in [-0.2, -0.15) is 5.26 Å². The monoisotopic (exact) mass is 266 g/mol. The van der Waals surface area contributed by atoms with Crippen LogP contribution in [0.3, 0.4) is 0 Å². The fraction of sp³-hybridized carbons (Fsp3) is 0.312. The third kappa shape index (κ3) is 3.33. The Balaban J connectivity index is 2.04. The predicted molar refractivity (Wildman–Crippen MR) is 79.6 cm³/mol. The first kappa shape index (κ1) is 14.0. The molecule has 0 amide bonds. The van der Waals surface area contributed by atoms with Crippen LogP contribution in [-0.4, -0.2) is 23.6 Å². The van der Waals surface area contributed by atoms with Crippen molar-refractivity contribution in [3.63, 3.8) is 0 Å². The lowest BCUT2D eigenvalue weighted by Crippen LogP contribution is -2.21. The van der Waals surface area contributed by atoms with Crippen LogP contribution in [0.5, 0.6) is 0 Å². The number of aryl methyl sites for hydroxylation is 2. The van der Waals surface area contributed by atoms with Gasteiger partial charge in [-0.15, -0.1) is 0 Å². The summed E-state index contributed by atoms with van der Waals surface area (Å²) < 4.78 is 0. The maximum atomic E-state index is 8.86. The van der Waals surface area contributed by atoms with E-state index in [0.717, 1.165) is 18.8 Å². The Morgan fingerprint density at radius 3 is 2.70 bits per heavy atom. The minimum Gasteiger partial charge on any atom is -0.359 e. The lowest BCUT2D eigenvalue weighted by atomic mass is 10.0. The molecule has 0 spiro atoms. The number of aromatic nitrogens is 2. The van der Waals surface area contributed by atoms with Gasteiger partial charge < -0.3 is 4.90 Å². The lowest BCUT2D eigenvalue weighted by molar-refractivity contribution is 0.850. The van der Waals surface area contributed by atoms with Crippen LogP contribution < -0.4 is 4.90 Å². The second-order valence-electron chi connectivity index (χ2n) is 4.97. The minimum absolute atomic E-state index is 0.397. The molecule has 1 aromatic heterocycles. The maximum Gasteiger partial charge on any atom is 0.145 e. The maximum absolute atomic E-state index is 8.86. The van der Waals surface area contributed by atoms with E-state index in [9.17, 15) is 0 Å². The molecule has 4 nitrogen and oxygen atoms in total. The first-order valence-electron chi connectivity index (χ1n) is 6.59. The molecule has 0 aliphatic carbocycles. The number of anilines is 1. The van der Waals surface area contributed by atoms with E-state index in [1.165, 1.54) is 23.0 Å². The summed E-state index contributed by atoms with van der Waals surface area (Å²) in [7, 11) is 1.98. The molecule has 0 saturated carbocycles. The van der Waals surface area contributed by atoms with Crippen molar-refractivity contribution in [2.75, 3.05) is 18.5 Å². The van der Waals surface area contributed by atoms with Gasteiger partial charge in [0, 0.05) is 19.7 Å². The molecule has 0 bridgehead atoms. The van der Waals surface area contributed by atoms with E-state index < -0.39 is 0 Å². The van der Waals surface area contributed by atoms with Crippen molar-refractivity contribution in [3.8, 4) is 6.07 Å². The number of nitriles is 1. The third-order valence-corrected chi connectivity index (χ3v) is 3.37. The lowest BCUT2D eigenvalue weighted by Gasteiger charge is -2.18. The van der Waals surface area contributed by atoms with Crippen LogP contribution in [0.1, 0.15) is 22.4 Å². The largest absolute Gasteiger partial charge is 0.359 e.